The highest BCUT2D eigenvalue weighted by Crippen LogP contribution is 2.36. The normalized spacial score (nSPS) is 20.2. The van der Waals surface area contributed by atoms with Gasteiger partial charge in [0.2, 0.25) is 0 Å². The smallest absolute Gasteiger partial charge is 0.399 e. The van der Waals surface area contributed by atoms with E-state index in [-0.39, 0.29) is 18.3 Å². The second-order valence-corrected chi connectivity index (χ2v) is 6.45. The molecule has 20 heavy (non-hydrogen) atoms. The predicted octanol–water partition coefficient (Wildman–Crippen LogP) is 2.51. The number of rotatable bonds is 4. The molecule has 0 spiro atoms. The summed E-state index contributed by atoms with van der Waals surface area (Å²) in [4.78, 5) is 4.48. The van der Waals surface area contributed by atoms with E-state index in [4.69, 9.17) is 9.31 Å². The molecule has 0 bridgehead atoms. The summed E-state index contributed by atoms with van der Waals surface area (Å²) in [5.41, 5.74) is 1.46. The van der Waals surface area contributed by atoms with Crippen LogP contribution in [-0.2, 0) is 9.31 Å². The van der Waals surface area contributed by atoms with Crippen LogP contribution in [0.15, 0.2) is 12.3 Å². The average Bonchev–Trinajstić information content (AvgIpc) is 2.57. The second-order valence-electron chi connectivity index (χ2n) is 6.45. The van der Waals surface area contributed by atoms with E-state index in [2.05, 4.69) is 57.9 Å². The van der Waals surface area contributed by atoms with Gasteiger partial charge in [-0.15, -0.1) is 0 Å². The standard InChI is InChI=1S/C15H25BN2O2/c1-7-8-17-13-11(2)9-12(10-18-13)16-19-14(3,4)15(5,6)20-16/h9-10H,7-8H2,1-6H3,(H,17,18). The van der Waals surface area contributed by atoms with Crippen LogP contribution in [0.1, 0.15) is 46.6 Å². The van der Waals surface area contributed by atoms with Gasteiger partial charge < -0.3 is 14.6 Å². The van der Waals surface area contributed by atoms with Crippen LogP contribution >= 0.6 is 0 Å². The van der Waals surface area contributed by atoms with E-state index >= 15 is 0 Å². The average molecular weight is 276 g/mol. The first kappa shape index (κ1) is 15.3. The van der Waals surface area contributed by atoms with Crippen molar-refractivity contribution in [3.8, 4) is 0 Å². The van der Waals surface area contributed by atoms with E-state index in [1.54, 1.807) is 0 Å². The van der Waals surface area contributed by atoms with Gasteiger partial charge in [0.1, 0.15) is 5.82 Å². The van der Waals surface area contributed by atoms with Crippen LogP contribution in [-0.4, -0.2) is 29.8 Å². The van der Waals surface area contributed by atoms with Crippen molar-refractivity contribution in [2.75, 3.05) is 11.9 Å². The zero-order chi connectivity index (χ0) is 15.0. The number of pyridine rings is 1. The van der Waals surface area contributed by atoms with Gasteiger partial charge in [-0.05, 0) is 46.6 Å². The Morgan fingerprint density at radius 1 is 1.20 bits per heavy atom. The molecular weight excluding hydrogens is 251 g/mol. The van der Waals surface area contributed by atoms with Crippen LogP contribution in [0.4, 0.5) is 5.82 Å². The highest BCUT2D eigenvalue weighted by atomic mass is 16.7. The molecule has 0 aromatic carbocycles. The monoisotopic (exact) mass is 276 g/mol. The minimum Gasteiger partial charge on any atom is -0.399 e. The Balaban J connectivity index is 2.17. The van der Waals surface area contributed by atoms with Crippen molar-refractivity contribution in [1.29, 1.82) is 0 Å². The van der Waals surface area contributed by atoms with Crippen LogP contribution in [0.25, 0.3) is 0 Å². The molecule has 0 radical (unpaired) electrons. The van der Waals surface area contributed by atoms with Crippen molar-refractivity contribution in [2.24, 2.45) is 0 Å². The number of aromatic nitrogens is 1. The largest absolute Gasteiger partial charge is 0.496 e. The van der Waals surface area contributed by atoms with Gasteiger partial charge in [-0.2, -0.15) is 0 Å². The van der Waals surface area contributed by atoms with Gasteiger partial charge >= 0.3 is 7.12 Å². The maximum absolute atomic E-state index is 6.04. The van der Waals surface area contributed by atoms with E-state index in [1.807, 2.05) is 6.20 Å². The van der Waals surface area contributed by atoms with Gasteiger partial charge in [0.25, 0.3) is 0 Å². The third kappa shape index (κ3) is 2.84. The fourth-order valence-corrected chi connectivity index (χ4v) is 2.13. The third-order valence-electron chi connectivity index (χ3n) is 4.17. The topological polar surface area (TPSA) is 43.4 Å². The summed E-state index contributed by atoms with van der Waals surface area (Å²) in [5, 5.41) is 3.32. The molecule has 1 aromatic heterocycles. The second kappa shape index (κ2) is 5.37. The van der Waals surface area contributed by atoms with E-state index in [9.17, 15) is 0 Å². The van der Waals surface area contributed by atoms with Gasteiger partial charge in [0, 0.05) is 18.2 Å². The van der Waals surface area contributed by atoms with Gasteiger partial charge in [-0.25, -0.2) is 4.98 Å². The van der Waals surface area contributed by atoms with Crippen LogP contribution in [0, 0.1) is 6.92 Å². The first-order valence-corrected chi connectivity index (χ1v) is 7.33. The summed E-state index contributed by atoms with van der Waals surface area (Å²) in [7, 11) is -0.341. The van der Waals surface area contributed by atoms with Crippen LogP contribution in [0.5, 0.6) is 0 Å². The number of aryl methyl sites for hydroxylation is 1. The maximum atomic E-state index is 6.04. The molecule has 1 aliphatic rings. The molecule has 2 rings (SSSR count). The Bertz CT molecular complexity index is 473. The predicted molar refractivity (Wildman–Crippen MR) is 83.5 cm³/mol. The van der Waals surface area contributed by atoms with E-state index < -0.39 is 0 Å². The Hall–Kier alpha value is -1.07. The molecule has 1 aromatic rings. The number of hydrogen-bond acceptors (Lipinski definition) is 4. The lowest BCUT2D eigenvalue weighted by molar-refractivity contribution is 0.00578. The van der Waals surface area contributed by atoms with Crippen LogP contribution in [0.3, 0.4) is 0 Å². The molecule has 0 atom stereocenters. The Morgan fingerprint density at radius 3 is 2.30 bits per heavy atom. The summed E-state index contributed by atoms with van der Waals surface area (Å²) in [5.74, 6) is 0.937. The molecule has 4 nitrogen and oxygen atoms in total. The Morgan fingerprint density at radius 2 is 1.80 bits per heavy atom. The Kier molecular flexibility index (Phi) is 4.12. The molecular formula is C15H25BN2O2. The van der Waals surface area contributed by atoms with Crippen molar-refractivity contribution in [1.82, 2.24) is 4.98 Å². The number of anilines is 1. The summed E-state index contributed by atoms with van der Waals surface area (Å²) >= 11 is 0. The van der Waals surface area contributed by atoms with Gasteiger partial charge in [-0.3, -0.25) is 0 Å². The number of nitrogens with one attached hydrogen (secondary N) is 1. The third-order valence-corrected chi connectivity index (χ3v) is 4.17. The molecule has 0 aliphatic carbocycles. The molecule has 5 heteroatoms. The molecule has 1 aliphatic heterocycles. The highest BCUT2D eigenvalue weighted by Gasteiger charge is 2.51. The lowest BCUT2D eigenvalue weighted by Crippen LogP contribution is -2.41. The van der Waals surface area contributed by atoms with Crippen molar-refractivity contribution >= 4 is 18.4 Å². The molecule has 1 N–H and O–H groups in total. The summed E-state index contributed by atoms with van der Waals surface area (Å²) in [6, 6.07) is 2.09. The molecule has 1 saturated heterocycles. The van der Waals surface area contributed by atoms with Gasteiger partial charge in [0.05, 0.1) is 11.2 Å². The zero-order valence-electron chi connectivity index (χ0n) is 13.4. The number of hydrogen-bond donors (Lipinski definition) is 1. The summed E-state index contributed by atoms with van der Waals surface area (Å²) in [6.45, 7) is 13.4. The quantitative estimate of drug-likeness (QED) is 0.858. The highest BCUT2D eigenvalue weighted by molar-refractivity contribution is 6.62. The SMILES string of the molecule is CCCNc1ncc(B2OC(C)(C)C(C)(C)O2)cc1C. The molecule has 0 saturated carbocycles. The molecule has 1 fully saturated rings. The first-order valence-electron chi connectivity index (χ1n) is 7.33. The van der Waals surface area contributed by atoms with Crippen LogP contribution < -0.4 is 10.8 Å². The molecule has 110 valence electrons. The minimum atomic E-state index is -0.341. The lowest BCUT2D eigenvalue weighted by atomic mass is 9.80. The van der Waals surface area contributed by atoms with E-state index in [0.29, 0.717) is 0 Å². The zero-order valence-corrected chi connectivity index (χ0v) is 13.4. The van der Waals surface area contributed by atoms with Crippen molar-refractivity contribution in [3.05, 3.63) is 17.8 Å². The first-order chi connectivity index (χ1) is 9.27. The molecule has 2 heterocycles. The van der Waals surface area contributed by atoms with E-state index in [0.717, 1.165) is 29.8 Å². The Labute approximate surface area is 122 Å². The van der Waals surface area contributed by atoms with Crippen LogP contribution in [0.2, 0.25) is 0 Å². The van der Waals surface area contributed by atoms with Crippen molar-refractivity contribution in [3.63, 3.8) is 0 Å². The van der Waals surface area contributed by atoms with Crippen molar-refractivity contribution < 1.29 is 9.31 Å². The van der Waals surface area contributed by atoms with Gasteiger partial charge in [0.15, 0.2) is 0 Å². The minimum absolute atomic E-state index is 0.315. The lowest BCUT2D eigenvalue weighted by Gasteiger charge is -2.32. The number of nitrogens with zero attached hydrogens (tertiary/aromatic N) is 1. The fraction of sp³-hybridized carbons (Fsp3) is 0.667. The van der Waals surface area contributed by atoms with Gasteiger partial charge in [-0.1, -0.05) is 13.0 Å². The maximum Gasteiger partial charge on any atom is 0.496 e. The molecule has 0 unspecified atom stereocenters. The van der Waals surface area contributed by atoms with E-state index in [1.165, 1.54) is 0 Å². The summed E-state index contributed by atoms with van der Waals surface area (Å²) < 4.78 is 12.1. The van der Waals surface area contributed by atoms with Crippen molar-refractivity contribution in [2.45, 2.75) is 59.2 Å². The fourth-order valence-electron chi connectivity index (χ4n) is 2.13. The summed E-state index contributed by atoms with van der Waals surface area (Å²) in [6.07, 6.45) is 2.92. The molecule has 0 amide bonds.